The maximum Gasteiger partial charge on any atom is -0.00490 e. The van der Waals surface area contributed by atoms with E-state index in [-0.39, 0.29) is 0 Å². The molecular weight excluding hydrogens is 266 g/mol. The Bertz CT molecular complexity index is 204. The summed E-state index contributed by atoms with van der Waals surface area (Å²) in [5, 5.41) is 3.40. The Kier molecular flexibility index (Phi) is 15.8. The molecule has 0 bridgehead atoms. The average Bonchev–Trinajstić information content (AvgIpc) is 2.45. The van der Waals surface area contributed by atoms with Gasteiger partial charge in [0.2, 0.25) is 0 Å². The van der Waals surface area contributed by atoms with E-state index in [1.165, 1.54) is 96.4 Å². The van der Waals surface area contributed by atoms with Crippen LogP contribution in [0, 0.1) is 5.41 Å². The highest BCUT2D eigenvalue weighted by Gasteiger charge is 2.08. The summed E-state index contributed by atoms with van der Waals surface area (Å²) in [5.41, 5.74) is 0.534. The van der Waals surface area contributed by atoms with Crippen molar-refractivity contribution in [1.29, 1.82) is 0 Å². The molecule has 0 heterocycles. The Morgan fingerprint density at radius 3 is 1.27 bits per heavy atom. The van der Waals surface area contributed by atoms with Crippen LogP contribution in [0.4, 0.5) is 0 Å². The van der Waals surface area contributed by atoms with Gasteiger partial charge in [-0.1, -0.05) is 105 Å². The van der Waals surface area contributed by atoms with E-state index in [4.69, 9.17) is 0 Å². The minimum atomic E-state index is 0.534. The van der Waals surface area contributed by atoms with Gasteiger partial charge in [-0.2, -0.15) is 0 Å². The quantitative estimate of drug-likeness (QED) is 0.300. The lowest BCUT2D eigenvalue weighted by Crippen LogP contribution is -2.13. The van der Waals surface area contributed by atoms with E-state index in [1.54, 1.807) is 0 Å². The summed E-state index contributed by atoms with van der Waals surface area (Å²) < 4.78 is 0. The summed E-state index contributed by atoms with van der Waals surface area (Å²) in [4.78, 5) is 0. The molecule has 134 valence electrons. The normalized spacial score (nSPS) is 12.0. The molecule has 0 rings (SSSR count). The van der Waals surface area contributed by atoms with E-state index in [9.17, 15) is 0 Å². The maximum absolute atomic E-state index is 3.40. The van der Waals surface area contributed by atoms with Crippen LogP contribution in [-0.2, 0) is 0 Å². The molecule has 0 unspecified atom stereocenters. The first kappa shape index (κ1) is 22.0. The van der Waals surface area contributed by atoms with E-state index >= 15 is 0 Å². The summed E-state index contributed by atoms with van der Waals surface area (Å²) in [6.45, 7) is 11.6. The van der Waals surface area contributed by atoms with Gasteiger partial charge in [0.15, 0.2) is 0 Å². The third kappa shape index (κ3) is 20.0. The topological polar surface area (TPSA) is 12.0 Å². The molecule has 0 atom stereocenters. The fourth-order valence-electron chi connectivity index (χ4n) is 3.03. The SMILES string of the molecule is CCNCCCCCCCCCCCCCCCC(C)(C)C. The smallest absolute Gasteiger partial charge is 0.00490 e. The number of hydrogen-bond acceptors (Lipinski definition) is 1. The molecule has 0 fully saturated rings. The van der Waals surface area contributed by atoms with Gasteiger partial charge < -0.3 is 5.32 Å². The Morgan fingerprint density at radius 1 is 0.545 bits per heavy atom. The molecule has 0 radical (unpaired) electrons. The first-order chi connectivity index (χ1) is 10.6. The highest BCUT2D eigenvalue weighted by Crippen LogP contribution is 2.22. The molecule has 0 amide bonds. The first-order valence-electron chi connectivity index (χ1n) is 10.3. The highest BCUT2D eigenvalue weighted by molar-refractivity contribution is 4.61. The summed E-state index contributed by atoms with van der Waals surface area (Å²) in [6.07, 6.45) is 20.2. The number of nitrogens with one attached hydrogen (secondary N) is 1. The summed E-state index contributed by atoms with van der Waals surface area (Å²) in [6, 6.07) is 0. The molecule has 0 aromatic heterocycles. The van der Waals surface area contributed by atoms with Crippen LogP contribution in [0.25, 0.3) is 0 Å². The second-order valence-electron chi connectivity index (χ2n) is 8.26. The Balaban J connectivity index is 3.00. The highest BCUT2D eigenvalue weighted by atomic mass is 14.8. The van der Waals surface area contributed by atoms with Crippen molar-refractivity contribution >= 4 is 0 Å². The van der Waals surface area contributed by atoms with Crippen LogP contribution in [0.1, 0.15) is 118 Å². The summed E-state index contributed by atoms with van der Waals surface area (Å²) >= 11 is 0. The predicted molar refractivity (Wildman–Crippen MR) is 103 cm³/mol. The summed E-state index contributed by atoms with van der Waals surface area (Å²) in [7, 11) is 0. The lowest BCUT2D eigenvalue weighted by atomic mass is 9.89. The minimum absolute atomic E-state index is 0.534. The molecule has 22 heavy (non-hydrogen) atoms. The summed E-state index contributed by atoms with van der Waals surface area (Å²) in [5.74, 6) is 0. The van der Waals surface area contributed by atoms with Crippen LogP contribution >= 0.6 is 0 Å². The molecule has 0 saturated carbocycles. The molecule has 1 nitrogen and oxygen atoms in total. The standard InChI is InChI=1S/C21H45N/c1-5-22-20-18-16-14-12-10-8-6-7-9-11-13-15-17-19-21(2,3)4/h22H,5-20H2,1-4H3. The molecule has 1 heteroatoms. The third-order valence-corrected chi connectivity index (χ3v) is 4.53. The molecule has 0 aliphatic heterocycles. The van der Waals surface area contributed by atoms with Gasteiger partial charge in [0.1, 0.15) is 0 Å². The van der Waals surface area contributed by atoms with Crippen molar-refractivity contribution in [2.24, 2.45) is 5.41 Å². The molecular formula is C21H45N. The van der Waals surface area contributed by atoms with Gasteiger partial charge in [-0.25, -0.2) is 0 Å². The van der Waals surface area contributed by atoms with Gasteiger partial charge in [0.25, 0.3) is 0 Å². The van der Waals surface area contributed by atoms with Crippen LogP contribution in [-0.4, -0.2) is 13.1 Å². The maximum atomic E-state index is 3.40. The Hall–Kier alpha value is -0.0400. The molecule has 0 spiro atoms. The van der Waals surface area contributed by atoms with Crippen LogP contribution in [0.2, 0.25) is 0 Å². The lowest BCUT2D eigenvalue weighted by Gasteiger charge is -2.17. The molecule has 0 aliphatic carbocycles. The molecule has 1 N–H and O–H groups in total. The molecule has 0 aliphatic rings. The van der Waals surface area contributed by atoms with E-state index in [0.29, 0.717) is 5.41 Å². The number of hydrogen-bond donors (Lipinski definition) is 1. The number of rotatable bonds is 16. The average molecular weight is 312 g/mol. The fraction of sp³-hybridized carbons (Fsp3) is 1.00. The van der Waals surface area contributed by atoms with Crippen molar-refractivity contribution in [2.45, 2.75) is 118 Å². The van der Waals surface area contributed by atoms with Gasteiger partial charge in [0.05, 0.1) is 0 Å². The zero-order valence-electron chi connectivity index (χ0n) is 16.3. The Labute approximate surface area is 142 Å². The minimum Gasteiger partial charge on any atom is -0.317 e. The van der Waals surface area contributed by atoms with E-state index in [0.717, 1.165) is 6.54 Å². The van der Waals surface area contributed by atoms with E-state index in [1.807, 2.05) is 0 Å². The van der Waals surface area contributed by atoms with Crippen LogP contribution in [0.5, 0.6) is 0 Å². The van der Waals surface area contributed by atoms with Gasteiger partial charge in [-0.3, -0.25) is 0 Å². The first-order valence-corrected chi connectivity index (χ1v) is 10.3. The molecule has 0 aromatic carbocycles. The van der Waals surface area contributed by atoms with Crippen LogP contribution < -0.4 is 5.32 Å². The molecule has 0 saturated heterocycles. The third-order valence-electron chi connectivity index (χ3n) is 4.53. The van der Waals surface area contributed by atoms with Crippen molar-refractivity contribution in [3.05, 3.63) is 0 Å². The second-order valence-corrected chi connectivity index (χ2v) is 8.26. The van der Waals surface area contributed by atoms with Gasteiger partial charge >= 0.3 is 0 Å². The largest absolute Gasteiger partial charge is 0.317 e. The zero-order chi connectivity index (χ0) is 16.5. The van der Waals surface area contributed by atoms with Crippen LogP contribution in [0.15, 0.2) is 0 Å². The fourth-order valence-corrected chi connectivity index (χ4v) is 3.03. The number of unbranched alkanes of at least 4 members (excludes halogenated alkanes) is 12. The van der Waals surface area contributed by atoms with Crippen molar-refractivity contribution < 1.29 is 0 Å². The molecule has 0 aromatic rings. The monoisotopic (exact) mass is 311 g/mol. The van der Waals surface area contributed by atoms with Crippen molar-refractivity contribution in [3.8, 4) is 0 Å². The second kappa shape index (κ2) is 15.8. The van der Waals surface area contributed by atoms with Crippen molar-refractivity contribution in [3.63, 3.8) is 0 Å². The van der Waals surface area contributed by atoms with E-state index in [2.05, 4.69) is 33.0 Å². The van der Waals surface area contributed by atoms with Crippen LogP contribution in [0.3, 0.4) is 0 Å². The van der Waals surface area contributed by atoms with Gasteiger partial charge in [0, 0.05) is 0 Å². The van der Waals surface area contributed by atoms with Gasteiger partial charge in [-0.05, 0) is 31.3 Å². The predicted octanol–water partition coefficient (Wildman–Crippen LogP) is 7.10. The Morgan fingerprint density at radius 2 is 0.909 bits per heavy atom. The van der Waals surface area contributed by atoms with Crippen molar-refractivity contribution in [1.82, 2.24) is 5.32 Å². The lowest BCUT2D eigenvalue weighted by molar-refractivity contribution is 0.356. The van der Waals surface area contributed by atoms with Gasteiger partial charge in [-0.15, -0.1) is 0 Å². The zero-order valence-corrected chi connectivity index (χ0v) is 16.3. The van der Waals surface area contributed by atoms with E-state index < -0.39 is 0 Å². The van der Waals surface area contributed by atoms with Crippen molar-refractivity contribution in [2.75, 3.05) is 13.1 Å².